The molecular formula is C21H29NO5. The number of hydrogen-bond acceptors (Lipinski definition) is 5. The van der Waals surface area contributed by atoms with Crippen LogP contribution < -0.4 is 4.74 Å². The van der Waals surface area contributed by atoms with Gasteiger partial charge in [0.25, 0.3) is 0 Å². The van der Waals surface area contributed by atoms with Crippen LogP contribution in [0.15, 0.2) is 18.2 Å². The minimum Gasteiger partial charge on any atom is -0.497 e. The number of piperidine rings is 1. The molecular weight excluding hydrogens is 346 g/mol. The molecule has 1 amide bonds. The highest BCUT2D eigenvalue weighted by atomic mass is 16.5. The highest BCUT2D eigenvalue weighted by Crippen LogP contribution is 2.42. The molecule has 6 nitrogen and oxygen atoms in total. The summed E-state index contributed by atoms with van der Waals surface area (Å²) in [6.45, 7) is 3.59. The molecule has 0 aliphatic carbocycles. The smallest absolute Gasteiger partial charge is 0.248 e. The topological polar surface area (TPSA) is 57.2 Å². The van der Waals surface area contributed by atoms with Gasteiger partial charge in [-0.05, 0) is 55.4 Å². The van der Waals surface area contributed by atoms with Gasteiger partial charge in [-0.3, -0.25) is 4.79 Å². The molecule has 4 rings (SSSR count). The highest BCUT2D eigenvalue weighted by Gasteiger charge is 2.41. The van der Waals surface area contributed by atoms with E-state index in [2.05, 4.69) is 12.1 Å². The molecule has 1 atom stereocenters. The van der Waals surface area contributed by atoms with Gasteiger partial charge in [0.05, 0.1) is 32.0 Å². The molecule has 3 aliphatic rings. The number of hydrogen-bond donors (Lipinski definition) is 0. The standard InChI is InChI=1S/C21H29NO5/c1-24-17-4-5-19-16(13-17)6-12-27-21(19)7-9-22(10-8-21)20(23)15-25-14-18-3-2-11-26-18/h4-5,13,18H,2-3,6-12,14-15H2,1H3. The lowest BCUT2D eigenvalue weighted by Gasteiger charge is -2.45. The van der Waals surface area contributed by atoms with Crippen LogP contribution in [0, 0.1) is 0 Å². The van der Waals surface area contributed by atoms with Crippen molar-refractivity contribution in [2.45, 2.75) is 43.8 Å². The van der Waals surface area contributed by atoms with Gasteiger partial charge in [-0.15, -0.1) is 0 Å². The van der Waals surface area contributed by atoms with E-state index in [0.717, 1.165) is 51.1 Å². The summed E-state index contributed by atoms with van der Waals surface area (Å²) in [5.41, 5.74) is 2.30. The van der Waals surface area contributed by atoms with Crippen molar-refractivity contribution < 1.29 is 23.7 Å². The zero-order valence-corrected chi connectivity index (χ0v) is 16.1. The molecule has 27 heavy (non-hydrogen) atoms. The van der Waals surface area contributed by atoms with Gasteiger partial charge in [0, 0.05) is 19.7 Å². The predicted molar refractivity (Wildman–Crippen MR) is 99.9 cm³/mol. The Balaban J connectivity index is 1.33. The number of likely N-dealkylation sites (tertiary alicyclic amines) is 1. The lowest BCUT2D eigenvalue weighted by Crippen LogP contribution is -2.49. The van der Waals surface area contributed by atoms with Gasteiger partial charge in [0.15, 0.2) is 0 Å². The van der Waals surface area contributed by atoms with E-state index in [1.165, 1.54) is 11.1 Å². The fourth-order valence-electron chi connectivity index (χ4n) is 4.46. The van der Waals surface area contributed by atoms with Gasteiger partial charge in [0.2, 0.25) is 5.91 Å². The molecule has 0 aromatic heterocycles. The molecule has 0 radical (unpaired) electrons. The predicted octanol–water partition coefficient (Wildman–Crippen LogP) is 2.28. The summed E-state index contributed by atoms with van der Waals surface area (Å²) in [5.74, 6) is 0.954. The summed E-state index contributed by atoms with van der Waals surface area (Å²) in [5, 5.41) is 0. The number of carbonyl (C=O) groups excluding carboxylic acids is 1. The van der Waals surface area contributed by atoms with Crippen molar-refractivity contribution >= 4 is 5.91 Å². The van der Waals surface area contributed by atoms with Crippen LogP contribution in [0.1, 0.15) is 36.8 Å². The second-order valence-corrected chi connectivity index (χ2v) is 7.65. The summed E-state index contributed by atoms with van der Waals surface area (Å²) in [6.07, 6.45) is 4.83. The van der Waals surface area contributed by atoms with Gasteiger partial charge >= 0.3 is 0 Å². The number of ether oxygens (including phenoxy) is 4. The van der Waals surface area contributed by atoms with E-state index in [9.17, 15) is 4.79 Å². The van der Waals surface area contributed by atoms with E-state index in [1.807, 2.05) is 11.0 Å². The first-order chi connectivity index (χ1) is 13.2. The normalized spacial score (nSPS) is 24.0. The largest absolute Gasteiger partial charge is 0.497 e. The molecule has 1 aromatic carbocycles. The van der Waals surface area contributed by atoms with Crippen molar-refractivity contribution in [1.82, 2.24) is 4.90 Å². The van der Waals surface area contributed by atoms with Gasteiger partial charge < -0.3 is 23.8 Å². The molecule has 3 heterocycles. The summed E-state index contributed by atoms with van der Waals surface area (Å²) in [7, 11) is 1.70. The quantitative estimate of drug-likeness (QED) is 0.790. The fraction of sp³-hybridized carbons (Fsp3) is 0.667. The Bertz CT molecular complexity index is 663. The van der Waals surface area contributed by atoms with Gasteiger partial charge in [-0.1, -0.05) is 6.07 Å². The minimum absolute atomic E-state index is 0.0635. The van der Waals surface area contributed by atoms with Gasteiger partial charge in [-0.25, -0.2) is 0 Å². The summed E-state index contributed by atoms with van der Waals surface area (Å²) < 4.78 is 22.7. The Morgan fingerprint density at radius 2 is 2.15 bits per heavy atom. The third-order valence-electron chi connectivity index (χ3n) is 6.03. The van der Waals surface area contributed by atoms with Crippen molar-refractivity contribution in [3.8, 4) is 5.75 Å². The summed E-state index contributed by atoms with van der Waals surface area (Å²) >= 11 is 0. The molecule has 0 saturated carbocycles. The van der Waals surface area contributed by atoms with E-state index in [4.69, 9.17) is 18.9 Å². The average Bonchev–Trinajstić information content (AvgIpc) is 3.22. The molecule has 2 fully saturated rings. The Hall–Kier alpha value is -1.63. The first-order valence-corrected chi connectivity index (χ1v) is 9.99. The second kappa shape index (κ2) is 8.17. The maximum Gasteiger partial charge on any atom is 0.248 e. The molecule has 1 aromatic rings. The number of fused-ring (bicyclic) bond motifs is 2. The Labute approximate surface area is 160 Å². The lowest BCUT2D eigenvalue weighted by molar-refractivity contribution is -0.146. The van der Waals surface area contributed by atoms with E-state index in [0.29, 0.717) is 19.7 Å². The Morgan fingerprint density at radius 3 is 2.89 bits per heavy atom. The highest BCUT2D eigenvalue weighted by molar-refractivity contribution is 5.77. The molecule has 0 N–H and O–H groups in total. The second-order valence-electron chi connectivity index (χ2n) is 7.65. The number of rotatable bonds is 5. The van der Waals surface area contributed by atoms with Crippen LogP contribution in [0.25, 0.3) is 0 Å². The van der Waals surface area contributed by atoms with Crippen molar-refractivity contribution in [1.29, 1.82) is 0 Å². The summed E-state index contributed by atoms with van der Waals surface area (Å²) in [6, 6.07) is 6.26. The molecule has 1 unspecified atom stereocenters. The zero-order valence-electron chi connectivity index (χ0n) is 16.1. The fourth-order valence-corrected chi connectivity index (χ4v) is 4.46. The number of nitrogens with zero attached hydrogens (tertiary/aromatic N) is 1. The molecule has 6 heteroatoms. The van der Waals surface area contributed by atoms with Gasteiger partial charge in [0.1, 0.15) is 12.4 Å². The first kappa shape index (κ1) is 18.7. The molecule has 0 bridgehead atoms. The summed E-state index contributed by atoms with van der Waals surface area (Å²) in [4.78, 5) is 14.4. The van der Waals surface area contributed by atoms with Crippen molar-refractivity contribution in [3.05, 3.63) is 29.3 Å². The Morgan fingerprint density at radius 1 is 1.30 bits per heavy atom. The number of carbonyl (C=O) groups is 1. The first-order valence-electron chi connectivity index (χ1n) is 9.99. The molecule has 148 valence electrons. The zero-order chi connectivity index (χ0) is 18.7. The average molecular weight is 375 g/mol. The number of amides is 1. The lowest BCUT2D eigenvalue weighted by atomic mass is 9.79. The maximum atomic E-state index is 12.5. The van der Waals surface area contributed by atoms with Crippen molar-refractivity contribution in [3.63, 3.8) is 0 Å². The van der Waals surface area contributed by atoms with E-state index >= 15 is 0 Å². The van der Waals surface area contributed by atoms with E-state index in [1.54, 1.807) is 7.11 Å². The van der Waals surface area contributed by atoms with E-state index in [-0.39, 0.29) is 24.2 Å². The van der Waals surface area contributed by atoms with E-state index < -0.39 is 0 Å². The Kier molecular flexibility index (Phi) is 5.66. The van der Waals surface area contributed by atoms with Crippen molar-refractivity contribution in [2.24, 2.45) is 0 Å². The van der Waals surface area contributed by atoms with Crippen molar-refractivity contribution in [2.75, 3.05) is 46.6 Å². The van der Waals surface area contributed by atoms with Crippen LogP contribution >= 0.6 is 0 Å². The van der Waals surface area contributed by atoms with Crippen LogP contribution in [0.2, 0.25) is 0 Å². The maximum absolute atomic E-state index is 12.5. The number of benzene rings is 1. The molecule has 1 spiro atoms. The van der Waals surface area contributed by atoms with Crippen LogP contribution in [-0.2, 0) is 31.0 Å². The molecule has 3 aliphatic heterocycles. The van der Waals surface area contributed by atoms with Gasteiger partial charge in [-0.2, -0.15) is 0 Å². The third kappa shape index (κ3) is 3.98. The molecule has 2 saturated heterocycles. The minimum atomic E-state index is -0.269. The third-order valence-corrected chi connectivity index (χ3v) is 6.03. The number of methoxy groups -OCH3 is 1. The monoisotopic (exact) mass is 375 g/mol. The van der Waals surface area contributed by atoms with Crippen LogP contribution in [0.5, 0.6) is 5.75 Å². The van der Waals surface area contributed by atoms with Crippen LogP contribution in [0.3, 0.4) is 0 Å². The van der Waals surface area contributed by atoms with Crippen LogP contribution in [-0.4, -0.2) is 63.5 Å². The van der Waals surface area contributed by atoms with Crippen LogP contribution in [0.4, 0.5) is 0 Å². The SMILES string of the molecule is COc1ccc2c(c1)CCOC21CCN(C(=O)COCC2CCCO2)CC1.